The SMILES string of the molecule is O=C(c1cccnc1)N1CCC(c2cc3ccccc3cn2)CC1. The van der Waals surface area contributed by atoms with Crippen molar-refractivity contribution in [1.29, 1.82) is 0 Å². The van der Waals surface area contributed by atoms with Gasteiger partial charge in [-0.3, -0.25) is 14.8 Å². The molecule has 1 amide bonds. The number of pyridine rings is 2. The average molecular weight is 317 g/mol. The number of carbonyl (C=O) groups is 1. The lowest BCUT2D eigenvalue weighted by Gasteiger charge is -2.31. The fourth-order valence-corrected chi connectivity index (χ4v) is 3.37. The first-order valence-corrected chi connectivity index (χ1v) is 8.35. The molecule has 0 aliphatic carbocycles. The summed E-state index contributed by atoms with van der Waals surface area (Å²) in [5.41, 5.74) is 1.81. The Morgan fingerprint density at radius 2 is 1.79 bits per heavy atom. The molecule has 3 aromatic rings. The van der Waals surface area contributed by atoms with Gasteiger partial charge in [0.2, 0.25) is 0 Å². The highest BCUT2D eigenvalue weighted by molar-refractivity contribution is 5.93. The first kappa shape index (κ1) is 14.8. The Morgan fingerprint density at radius 3 is 2.54 bits per heavy atom. The van der Waals surface area contributed by atoms with Gasteiger partial charge in [0.1, 0.15) is 0 Å². The highest BCUT2D eigenvalue weighted by Gasteiger charge is 2.25. The molecule has 1 aromatic carbocycles. The second-order valence-electron chi connectivity index (χ2n) is 6.26. The largest absolute Gasteiger partial charge is 0.339 e. The Bertz CT molecular complexity index is 855. The topological polar surface area (TPSA) is 46.1 Å². The molecule has 4 rings (SSSR count). The van der Waals surface area contributed by atoms with E-state index in [1.165, 1.54) is 10.8 Å². The van der Waals surface area contributed by atoms with Crippen LogP contribution in [0.15, 0.2) is 61.1 Å². The highest BCUT2D eigenvalue weighted by Crippen LogP contribution is 2.29. The minimum atomic E-state index is 0.0769. The van der Waals surface area contributed by atoms with Gasteiger partial charge in [-0.15, -0.1) is 0 Å². The molecule has 4 nitrogen and oxygen atoms in total. The number of amides is 1. The van der Waals surface area contributed by atoms with E-state index in [9.17, 15) is 4.79 Å². The van der Waals surface area contributed by atoms with Crippen molar-refractivity contribution in [2.45, 2.75) is 18.8 Å². The van der Waals surface area contributed by atoms with E-state index in [4.69, 9.17) is 0 Å². The summed E-state index contributed by atoms with van der Waals surface area (Å²) in [7, 11) is 0. The van der Waals surface area contributed by atoms with Crippen molar-refractivity contribution in [3.63, 3.8) is 0 Å². The maximum atomic E-state index is 12.5. The summed E-state index contributed by atoms with van der Waals surface area (Å²) >= 11 is 0. The maximum absolute atomic E-state index is 12.5. The zero-order chi connectivity index (χ0) is 16.4. The third kappa shape index (κ3) is 2.87. The lowest BCUT2D eigenvalue weighted by Crippen LogP contribution is -2.38. The van der Waals surface area contributed by atoms with Crippen LogP contribution in [-0.4, -0.2) is 33.9 Å². The molecule has 0 N–H and O–H groups in total. The minimum absolute atomic E-state index is 0.0769. The van der Waals surface area contributed by atoms with Crippen LogP contribution in [0.25, 0.3) is 10.8 Å². The van der Waals surface area contributed by atoms with Crippen molar-refractivity contribution in [3.05, 3.63) is 72.3 Å². The van der Waals surface area contributed by atoms with Gasteiger partial charge in [0.25, 0.3) is 5.91 Å². The fourth-order valence-electron chi connectivity index (χ4n) is 3.37. The number of rotatable bonds is 2. The molecule has 1 aliphatic rings. The Hall–Kier alpha value is -2.75. The smallest absolute Gasteiger partial charge is 0.255 e. The number of benzene rings is 1. The van der Waals surface area contributed by atoms with E-state index in [0.717, 1.165) is 31.6 Å². The van der Waals surface area contributed by atoms with Crippen LogP contribution in [0.4, 0.5) is 0 Å². The molecule has 2 aromatic heterocycles. The Kier molecular flexibility index (Phi) is 3.95. The Morgan fingerprint density at radius 1 is 1.00 bits per heavy atom. The van der Waals surface area contributed by atoms with Gasteiger partial charge in [-0.1, -0.05) is 24.3 Å². The van der Waals surface area contributed by atoms with E-state index in [1.807, 2.05) is 23.2 Å². The molecule has 3 heterocycles. The molecule has 4 heteroatoms. The van der Waals surface area contributed by atoms with Crippen LogP contribution in [0.1, 0.15) is 34.8 Å². The lowest BCUT2D eigenvalue weighted by atomic mass is 9.92. The molecule has 1 aliphatic heterocycles. The Labute approximate surface area is 141 Å². The van der Waals surface area contributed by atoms with E-state index in [0.29, 0.717) is 11.5 Å². The van der Waals surface area contributed by atoms with E-state index in [-0.39, 0.29) is 5.91 Å². The van der Waals surface area contributed by atoms with Crippen molar-refractivity contribution in [2.24, 2.45) is 0 Å². The van der Waals surface area contributed by atoms with Gasteiger partial charge in [0, 0.05) is 48.7 Å². The van der Waals surface area contributed by atoms with Gasteiger partial charge in [0.05, 0.1) is 5.56 Å². The Balaban J connectivity index is 1.46. The molecule has 0 atom stereocenters. The molecular formula is C20H19N3O. The van der Waals surface area contributed by atoms with Gasteiger partial charge < -0.3 is 4.90 Å². The first-order valence-electron chi connectivity index (χ1n) is 8.35. The van der Waals surface area contributed by atoms with Gasteiger partial charge in [-0.05, 0) is 36.4 Å². The van der Waals surface area contributed by atoms with Crippen molar-refractivity contribution < 1.29 is 4.79 Å². The highest BCUT2D eigenvalue weighted by atomic mass is 16.2. The predicted molar refractivity (Wildman–Crippen MR) is 93.9 cm³/mol. The number of carbonyl (C=O) groups excluding carboxylic acids is 1. The van der Waals surface area contributed by atoms with Gasteiger partial charge >= 0.3 is 0 Å². The fraction of sp³-hybridized carbons (Fsp3) is 0.250. The van der Waals surface area contributed by atoms with Crippen molar-refractivity contribution in [2.75, 3.05) is 13.1 Å². The van der Waals surface area contributed by atoms with E-state index >= 15 is 0 Å². The summed E-state index contributed by atoms with van der Waals surface area (Å²) < 4.78 is 0. The number of hydrogen-bond donors (Lipinski definition) is 0. The minimum Gasteiger partial charge on any atom is -0.339 e. The monoisotopic (exact) mass is 317 g/mol. The van der Waals surface area contributed by atoms with Gasteiger partial charge in [-0.2, -0.15) is 0 Å². The third-order valence-corrected chi connectivity index (χ3v) is 4.76. The molecule has 0 spiro atoms. The molecule has 0 unspecified atom stereocenters. The number of fused-ring (bicyclic) bond motifs is 1. The van der Waals surface area contributed by atoms with Crippen molar-refractivity contribution in [1.82, 2.24) is 14.9 Å². The summed E-state index contributed by atoms with van der Waals surface area (Å²) in [5, 5.41) is 2.40. The lowest BCUT2D eigenvalue weighted by molar-refractivity contribution is 0.0711. The third-order valence-electron chi connectivity index (χ3n) is 4.76. The molecule has 0 radical (unpaired) electrons. The second kappa shape index (κ2) is 6.40. The number of likely N-dealkylation sites (tertiary alicyclic amines) is 1. The van der Waals surface area contributed by atoms with Crippen molar-refractivity contribution in [3.8, 4) is 0 Å². The molecule has 0 saturated carbocycles. The second-order valence-corrected chi connectivity index (χ2v) is 6.26. The standard InChI is InChI=1S/C20H19N3O/c24-20(18-6-3-9-21-13-18)23-10-7-15(8-11-23)19-12-16-4-1-2-5-17(16)14-22-19/h1-6,9,12-15H,7-8,10-11H2. The molecule has 24 heavy (non-hydrogen) atoms. The molecule has 120 valence electrons. The van der Waals surface area contributed by atoms with Crippen molar-refractivity contribution >= 4 is 16.7 Å². The van der Waals surface area contributed by atoms with Crippen LogP contribution in [0.2, 0.25) is 0 Å². The maximum Gasteiger partial charge on any atom is 0.255 e. The van der Waals surface area contributed by atoms with Crippen LogP contribution >= 0.6 is 0 Å². The normalized spacial score (nSPS) is 15.6. The molecular weight excluding hydrogens is 298 g/mol. The van der Waals surface area contributed by atoms with Crippen LogP contribution in [0.5, 0.6) is 0 Å². The molecule has 1 saturated heterocycles. The van der Waals surface area contributed by atoms with Crippen LogP contribution in [0.3, 0.4) is 0 Å². The number of piperidine rings is 1. The summed E-state index contributed by atoms with van der Waals surface area (Å²) in [6.07, 6.45) is 7.19. The predicted octanol–water partition coefficient (Wildman–Crippen LogP) is 3.65. The summed E-state index contributed by atoms with van der Waals surface area (Å²) in [4.78, 5) is 23.1. The van der Waals surface area contributed by atoms with Gasteiger partial charge in [-0.25, -0.2) is 0 Å². The van der Waals surface area contributed by atoms with E-state index < -0.39 is 0 Å². The van der Waals surface area contributed by atoms with Crippen LogP contribution < -0.4 is 0 Å². The summed E-state index contributed by atoms with van der Waals surface area (Å²) in [5.74, 6) is 0.501. The zero-order valence-corrected chi connectivity index (χ0v) is 13.4. The van der Waals surface area contributed by atoms with Gasteiger partial charge in [0.15, 0.2) is 0 Å². The van der Waals surface area contributed by atoms with Crippen LogP contribution in [0, 0.1) is 0 Å². The molecule has 1 fully saturated rings. The van der Waals surface area contributed by atoms with E-state index in [1.54, 1.807) is 18.5 Å². The van der Waals surface area contributed by atoms with Crippen LogP contribution in [-0.2, 0) is 0 Å². The number of nitrogens with zero attached hydrogens (tertiary/aromatic N) is 3. The summed E-state index contributed by atoms with van der Waals surface area (Å²) in [6, 6.07) is 14.1. The average Bonchev–Trinajstić information content (AvgIpc) is 2.68. The quantitative estimate of drug-likeness (QED) is 0.725. The van der Waals surface area contributed by atoms with E-state index in [2.05, 4.69) is 34.2 Å². The first-order chi connectivity index (χ1) is 11.8. The molecule has 0 bridgehead atoms. The zero-order valence-electron chi connectivity index (χ0n) is 13.4. The number of aromatic nitrogens is 2. The summed E-state index contributed by atoms with van der Waals surface area (Å²) in [6.45, 7) is 1.54. The number of hydrogen-bond acceptors (Lipinski definition) is 3.